The van der Waals surface area contributed by atoms with E-state index in [1.54, 1.807) is 0 Å². The Bertz CT molecular complexity index is 632. The first-order valence-corrected chi connectivity index (χ1v) is 8.77. The molecule has 0 saturated carbocycles. The molecule has 2 aromatic carbocycles. The maximum absolute atomic E-state index is 12.2. The molecule has 0 radical (unpaired) electrons. The van der Waals surface area contributed by atoms with Crippen molar-refractivity contribution in [1.29, 1.82) is 0 Å². The normalized spacial score (nSPS) is 11.9. The number of unbranched alkanes of at least 4 members (excludes halogenated alkanes) is 3. The monoisotopic (exact) mass is 325 g/mol. The van der Waals surface area contributed by atoms with Crippen molar-refractivity contribution in [1.82, 2.24) is 0 Å². The number of ether oxygens (including phenoxy) is 1. The summed E-state index contributed by atoms with van der Waals surface area (Å²) in [4.78, 5) is 12.2. The summed E-state index contributed by atoms with van der Waals surface area (Å²) in [7, 11) is 0. The molecule has 0 aliphatic carbocycles. The van der Waals surface area contributed by atoms with Crippen molar-refractivity contribution in [3.8, 4) is 11.1 Å². The molecule has 0 unspecified atom stereocenters. The predicted molar refractivity (Wildman–Crippen MR) is 99.9 cm³/mol. The highest BCUT2D eigenvalue weighted by Gasteiger charge is 2.12. The molecule has 128 valence electrons. The number of anilines is 1. The van der Waals surface area contributed by atoms with Gasteiger partial charge in [0.05, 0.1) is 11.7 Å². The van der Waals surface area contributed by atoms with Crippen LogP contribution in [0.1, 0.15) is 56.3 Å². The van der Waals surface area contributed by atoms with E-state index in [0.29, 0.717) is 5.56 Å². The lowest BCUT2D eigenvalue weighted by Crippen LogP contribution is -2.15. The Morgan fingerprint density at radius 3 is 2.12 bits per heavy atom. The van der Waals surface area contributed by atoms with E-state index in [1.165, 1.54) is 19.3 Å². The molecule has 24 heavy (non-hydrogen) atoms. The Labute approximate surface area is 144 Å². The number of hydrogen-bond donors (Lipinski definition) is 1. The van der Waals surface area contributed by atoms with Crippen LogP contribution in [0.15, 0.2) is 48.5 Å². The average Bonchev–Trinajstić information content (AvgIpc) is 2.59. The zero-order valence-electron chi connectivity index (χ0n) is 14.6. The van der Waals surface area contributed by atoms with E-state index in [2.05, 4.69) is 6.92 Å². The van der Waals surface area contributed by atoms with Gasteiger partial charge in [-0.05, 0) is 55.2 Å². The highest BCUT2D eigenvalue weighted by atomic mass is 16.5. The van der Waals surface area contributed by atoms with Gasteiger partial charge >= 0.3 is 5.97 Å². The molecule has 0 aliphatic rings. The summed E-state index contributed by atoms with van der Waals surface area (Å²) in [6.45, 7) is 4.16. The van der Waals surface area contributed by atoms with Crippen LogP contribution in [-0.2, 0) is 4.74 Å². The van der Waals surface area contributed by atoms with E-state index >= 15 is 0 Å². The molecule has 0 spiro atoms. The standard InChI is InChI=1S/C21H27NO2/c1-3-4-5-6-7-16(2)24-21(23)19-10-8-17(9-11-19)18-12-14-20(22)15-13-18/h8-16H,3-7,22H2,1-2H3/t16-/m0/s1. The minimum Gasteiger partial charge on any atom is -0.459 e. The van der Waals surface area contributed by atoms with Gasteiger partial charge in [-0.25, -0.2) is 4.79 Å². The van der Waals surface area contributed by atoms with Crippen LogP contribution in [0.4, 0.5) is 5.69 Å². The van der Waals surface area contributed by atoms with Crippen molar-refractivity contribution >= 4 is 11.7 Å². The van der Waals surface area contributed by atoms with Gasteiger partial charge in [-0.1, -0.05) is 50.5 Å². The van der Waals surface area contributed by atoms with Crippen LogP contribution in [0.2, 0.25) is 0 Å². The van der Waals surface area contributed by atoms with Crippen LogP contribution in [0, 0.1) is 0 Å². The number of benzene rings is 2. The summed E-state index contributed by atoms with van der Waals surface area (Å²) < 4.78 is 5.52. The fourth-order valence-corrected chi connectivity index (χ4v) is 2.64. The molecular formula is C21H27NO2. The van der Waals surface area contributed by atoms with Crippen LogP contribution in [0.5, 0.6) is 0 Å². The summed E-state index contributed by atoms with van der Waals surface area (Å²) in [6, 6.07) is 15.2. The second-order valence-electron chi connectivity index (χ2n) is 6.26. The Kier molecular flexibility index (Phi) is 6.86. The SMILES string of the molecule is CCCCCC[C@H](C)OC(=O)c1ccc(-c2ccc(N)cc2)cc1. The third-order valence-corrected chi connectivity index (χ3v) is 4.14. The highest BCUT2D eigenvalue weighted by molar-refractivity contribution is 5.90. The molecule has 0 aliphatic heterocycles. The number of rotatable bonds is 8. The van der Waals surface area contributed by atoms with Gasteiger partial charge in [0, 0.05) is 5.69 Å². The zero-order chi connectivity index (χ0) is 17.4. The highest BCUT2D eigenvalue weighted by Crippen LogP contribution is 2.21. The lowest BCUT2D eigenvalue weighted by Gasteiger charge is -2.13. The minimum absolute atomic E-state index is 0.0360. The van der Waals surface area contributed by atoms with Crippen molar-refractivity contribution in [2.75, 3.05) is 5.73 Å². The molecule has 2 rings (SSSR count). The van der Waals surface area contributed by atoms with Crippen molar-refractivity contribution in [2.24, 2.45) is 0 Å². The van der Waals surface area contributed by atoms with Crippen LogP contribution < -0.4 is 5.73 Å². The Balaban J connectivity index is 1.90. The smallest absolute Gasteiger partial charge is 0.338 e. The third kappa shape index (κ3) is 5.41. The minimum atomic E-state index is -0.248. The first-order valence-electron chi connectivity index (χ1n) is 8.77. The Morgan fingerprint density at radius 2 is 1.54 bits per heavy atom. The van der Waals surface area contributed by atoms with Crippen molar-refractivity contribution in [2.45, 2.75) is 52.1 Å². The van der Waals surface area contributed by atoms with Gasteiger partial charge in [0.2, 0.25) is 0 Å². The largest absolute Gasteiger partial charge is 0.459 e. The van der Waals surface area contributed by atoms with E-state index in [0.717, 1.165) is 29.7 Å². The molecule has 0 amide bonds. The Hall–Kier alpha value is -2.29. The van der Waals surface area contributed by atoms with Gasteiger partial charge in [0.15, 0.2) is 0 Å². The zero-order valence-corrected chi connectivity index (χ0v) is 14.6. The second-order valence-corrected chi connectivity index (χ2v) is 6.26. The summed E-state index contributed by atoms with van der Waals surface area (Å²) in [6.07, 6.45) is 5.66. The van der Waals surface area contributed by atoms with Gasteiger partial charge in [0.1, 0.15) is 0 Å². The molecule has 2 N–H and O–H groups in total. The molecule has 3 nitrogen and oxygen atoms in total. The average molecular weight is 325 g/mol. The van der Waals surface area contributed by atoms with E-state index in [-0.39, 0.29) is 12.1 Å². The van der Waals surface area contributed by atoms with Crippen molar-refractivity contribution in [3.05, 3.63) is 54.1 Å². The first kappa shape index (κ1) is 18.1. The van der Waals surface area contributed by atoms with Gasteiger partial charge in [-0.2, -0.15) is 0 Å². The molecule has 3 heteroatoms. The van der Waals surface area contributed by atoms with Crippen LogP contribution in [0.25, 0.3) is 11.1 Å². The maximum atomic E-state index is 12.2. The van der Waals surface area contributed by atoms with Gasteiger partial charge < -0.3 is 10.5 Å². The third-order valence-electron chi connectivity index (χ3n) is 4.14. The van der Waals surface area contributed by atoms with Crippen LogP contribution in [-0.4, -0.2) is 12.1 Å². The molecule has 0 aromatic heterocycles. The summed E-state index contributed by atoms with van der Waals surface area (Å²) >= 11 is 0. The predicted octanol–water partition coefficient (Wildman–Crippen LogP) is 5.45. The molecule has 0 saturated heterocycles. The molecule has 0 fully saturated rings. The molecular weight excluding hydrogens is 298 g/mol. The van der Waals surface area contributed by atoms with Crippen molar-refractivity contribution < 1.29 is 9.53 Å². The van der Waals surface area contributed by atoms with Gasteiger partial charge in [-0.3, -0.25) is 0 Å². The lowest BCUT2D eigenvalue weighted by atomic mass is 10.0. The lowest BCUT2D eigenvalue weighted by molar-refractivity contribution is 0.0319. The number of carbonyl (C=O) groups excluding carboxylic acids is 1. The van der Waals surface area contributed by atoms with Crippen LogP contribution in [0.3, 0.4) is 0 Å². The first-order chi connectivity index (χ1) is 11.6. The summed E-state index contributed by atoms with van der Waals surface area (Å²) in [5.74, 6) is -0.248. The van der Waals surface area contributed by atoms with Gasteiger partial charge in [-0.15, -0.1) is 0 Å². The van der Waals surface area contributed by atoms with E-state index in [4.69, 9.17) is 10.5 Å². The molecule has 1 atom stereocenters. The Morgan fingerprint density at radius 1 is 0.958 bits per heavy atom. The number of nitrogen functional groups attached to an aromatic ring is 1. The molecule has 0 heterocycles. The number of nitrogens with two attached hydrogens (primary N) is 1. The molecule has 0 bridgehead atoms. The van der Waals surface area contributed by atoms with Crippen LogP contribution >= 0.6 is 0 Å². The number of carbonyl (C=O) groups is 1. The number of esters is 1. The quantitative estimate of drug-likeness (QED) is 0.399. The molecule has 2 aromatic rings. The fraction of sp³-hybridized carbons (Fsp3) is 0.381. The second kappa shape index (κ2) is 9.11. The van der Waals surface area contributed by atoms with Crippen molar-refractivity contribution in [3.63, 3.8) is 0 Å². The van der Waals surface area contributed by atoms with Gasteiger partial charge in [0.25, 0.3) is 0 Å². The fourth-order valence-electron chi connectivity index (χ4n) is 2.64. The topological polar surface area (TPSA) is 52.3 Å². The van der Waals surface area contributed by atoms with E-state index in [9.17, 15) is 4.79 Å². The summed E-state index contributed by atoms with van der Waals surface area (Å²) in [5, 5.41) is 0. The van der Waals surface area contributed by atoms with E-state index < -0.39 is 0 Å². The maximum Gasteiger partial charge on any atom is 0.338 e. The van der Waals surface area contributed by atoms with E-state index in [1.807, 2.05) is 55.5 Å². The summed E-state index contributed by atoms with van der Waals surface area (Å²) in [5.41, 5.74) is 9.17. The number of hydrogen-bond acceptors (Lipinski definition) is 3.